The molecule has 1 aliphatic heterocycles. The van der Waals surface area contributed by atoms with Crippen molar-refractivity contribution in [1.82, 2.24) is 9.47 Å². The summed E-state index contributed by atoms with van der Waals surface area (Å²) in [5.41, 5.74) is 0.644. The monoisotopic (exact) mass is 300 g/mol. The highest BCUT2D eigenvalue weighted by Gasteiger charge is 2.20. The van der Waals surface area contributed by atoms with Crippen LogP contribution in [0.25, 0.3) is 10.9 Å². The van der Waals surface area contributed by atoms with Crippen molar-refractivity contribution in [3.63, 3.8) is 0 Å². The molecule has 0 radical (unpaired) electrons. The number of ether oxygens (including phenoxy) is 1. The van der Waals surface area contributed by atoms with Gasteiger partial charge in [-0.25, -0.2) is 0 Å². The standard InChI is InChI=1S/C17H20N2O3/c1-18(10-13-8-9-22-12-13)17(21)11-19-15-5-3-2-4-14(15)6-7-16(19)20/h2-7,13H,8-12H2,1H3/t13-/m0/s1. The van der Waals surface area contributed by atoms with Gasteiger partial charge in [0.2, 0.25) is 5.91 Å². The van der Waals surface area contributed by atoms with Crippen molar-refractivity contribution in [2.24, 2.45) is 5.92 Å². The molecule has 1 amide bonds. The Morgan fingerprint density at radius 1 is 1.32 bits per heavy atom. The number of benzene rings is 1. The maximum Gasteiger partial charge on any atom is 0.251 e. The molecule has 3 rings (SSSR count). The molecule has 1 fully saturated rings. The summed E-state index contributed by atoms with van der Waals surface area (Å²) in [6.07, 6.45) is 0.992. The van der Waals surface area contributed by atoms with Crippen LogP contribution in [0, 0.1) is 5.92 Å². The van der Waals surface area contributed by atoms with Crippen LogP contribution in [0.4, 0.5) is 0 Å². The molecular formula is C17H20N2O3. The van der Waals surface area contributed by atoms with Crippen molar-refractivity contribution < 1.29 is 9.53 Å². The van der Waals surface area contributed by atoms with Crippen LogP contribution in [-0.2, 0) is 16.1 Å². The fourth-order valence-electron chi connectivity index (χ4n) is 2.88. The predicted octanol–water partition coefficient (Wildman–Crippen LogP) is 1.50. The van der Waals surface area contributed by atoms with Crippen LogP contribution in [0.3, 0.4) is 0 Å². The number of aromatic nitrogens is 1. The number of hydrogen-bond acceptors (Lipinski definition) is 3. The summed E-state index contributed by atoms with van der Waals surface area (Å²) in [7, 11) is 1.79. The van der Waals surface area contributed by atoms with E-state index in [1.807, 2.05) is 24.3 Å². The van der Waals surface area contributed by atoms with Gasteiger partial charge in [-0.1, -0.05) is 18.2 Å². The molecule has 0 unspecified atom stereocenters. The van der Waals surface area contributed by atoms with Gasteiger partial charge < -0.3 is 9.64 Å². The molecule has 22 heavy (non-hydrogen) atoms. The number of fused-ring (bicyclic) bond motifs is 1. The van der Waals surface area contributed by atoms with Gasteiger partial charge in [0.1, 0.15) is 6.54 Å². The highest BCUT2D eigenvalue weighted by atomic mass is 16.5. The smallest absolute Gasteiger partial charge is 0.251 e. The number of nitrogens with zero attached hydrogens (tertiary/aromatic N) is 2. The quantitative estimate of drug-likeness (QED) is 0.860. The SMILES string of the molecule is CN(C[C@@H]1CCOC1)C(=O)Cn1c(=O)ccc2ccccc21. The molecule has 1 aliphatic rings. The molecule has 0 aliphatic carbocycles. The van der Waals surface area contributed by atoms with E-state index in [4.69, 9.17) is 4.74 Å². The summed E-state index contributed by atoms with van der Waals surface area (Å²) in [6, 6.07) is 10.9. The highest BCUT2D eigenvalue weighted by molar-refractivity contribution is 5.82. The molecule has 1 atom stereocenters. The van der Waals surface area contributed by atoms with Gasteiger partial charge >= 0.3 is 0 Å². The number of likely N-dealkylation sites (N-methyl/N-ethyl adjacent to an activating group) is 1. The van der Waals surface area contributed by atoms with Gasteiger partial charge in [-0.15, -0.1) is 0 Å². The van der Waals surface area contributed by atoms with Crippen LogP contribution >= 0.6 is 0 Å². The molecule has 5 nitrogen and oxygen atoms in total. The number of rotatable bonds is 4. The molecule has 2 heterocycles. The number of amides is 1. The average Bonchev–Trinajstić information content (AvgIpc) is 3.03. The summed E-state index contributed by atoms with van der Waals surface area (Å²) in [5.74, 6) is 0.351. The van der Waals surface area contributed by atoms with Gasteiger partial charge in [0.05, 0.1) is 12.1 Å². The Morgan fingerprint density at radius 2 is 2.14 bits per heavy atom. The molecule has 0 spiro atoms. The van der Waals surface area contributed by atoms with E-state index in [1.165, 1.54) is 6.07 Å². The zero-order valence-electron chi connectivity index (χ0n) is 12.7. The van der Waals surface area contributed by atoms with Crippen LogP contribution < -0.4 is 5.56 Å². The van der Waals surface area contributed by atoms with Crippen molar-refractivity contribution in [1.29, 1.82) is 0 Å². The minimum atomic E-state index is -0.148. The molecule has 0 bridgehead atoms. The molecule has 1 aromatic carbocycles. The maximum absolute atomic E-state index is 12.4. The average molecular weight is 300 g/mol. The Balaban J connectivity index is 1.78. The lowest BCUT2D eigenvalue weighted by Gasteiger charge is -2.21. The number of pyridine rings is 1. The third kappa shape index (κ3) is 3.04. The van der Waals surface area contributed by atoms with E-state index < -0.39 is 0 Å². The lowest BCUT2D eigenvalue weighted by Crippen LogP contribution is -2.36. The molecule has 0 N–H and O–H groups in total. The first-order chi connectivity index (χ1) is 10.6. The maximum atomic E-state index is 12.4. The molecule has 2 aromatic rings. The van der Waals surface area contributed by atoms with Crippen molar-refractivity contribution in [3.05, 3.63) is 46.8 Å². The van der Waals surface area contributed by atoms with E-state index in [9.17, 15) is 9.59 Å². The molecule has 5 heteroatoms. The summed E-state index contributed by atoms with van der Waals surface area (Å²) >= 11 is 0. The van der Waals surface area contributed by atoms with Crippen molar-refractivity contribution in [3.8, 4) is 0 Å². The minimum absolute atomic E-state index is 0.0506. The lowest BCUT2D eigenvalue weighted by molar-refractivity contribution is -0.131. The zero-order chi connectivity index (χ0) is 15.5. The Labute approximate surface area is 129 Å². The van der Waals surface area contributed by atoms with Crippen LogP contribution in [0.2, 0.25) is 0 Å². The lowest BCUT2D eigenvalue weighted by atomic mass is 10.1. The van der Waals surface area contributed by atoms with E-state index in [0.717, 1.165) is 23.9 Å². The highest BCUT2D eigenvalue weighted by Crippen LogP contribution is 2.14. The van der Waals surface area contributed by atoms with E-state index in [1.54, 1.807) is 22.6 Å². The van der Waals surface area contributed by atoms with Crippen molar-refractivity contribution >= 4 is 16.8 Å². The van der Waals surface area contributed by atoms with Crippen LogP contribution in [0.15, 0.2) is 41.2 Å². The zero-order valence-corrected chi connectivity index (χ0v) is 12.7. The van der Waals surface area contributed by atoms with Gasteiger partial charge in [0.25, 0.3) is 5.56 Å². The second-order valence-electron chi connectivity index (χ2n) is 5.82. The molecular weight excluding hydrogens is 280 g/mol. The summed E-state index contributed by atoms with van der Waals surface area (Å²) in [5, 5.41) is 0.960. The van der Waals surface area contributed by atoms with Gasteiger partial charge in [-0.3, -0.25) is 14.2 Å². The molecule has 1 saturated heterocycles. The third-order valence-electron chi connectivity index (χ3n) is 4.17. The number of hydrogen-bond donors (Lipinski definition) is 0. The fraction of sp³-hybridized carbons (Fsp3) is 0.412. The summed E-state index contributed by atoms with van der Waals surface area (Å²) in [6.45, 7) is 2.24. The minimum Gasteiger partial charge on any atom is -0.381 e. The topological polar surface area (TPSA) is 51.5 Å². The van der Waals surface area contributed by atoms with E-state index >= 15 is 0 Å². The van der Waals surface area contributed by atoms with Crippen LogP contribution in [0.1, 0.15) is 6.42 Å². The predicted molar refractivity (Wildman–Crippen MR) is 84.8 cm³/mol. The second kappa shape index (κ2) is 6.32. The summed E-state index contributed by atoms with van der Waals surface area (Å²) in [4.78, 5) is 26.2. The number of carbonyl (C=O) groups is 1. The Kier molecular flexibility index (Phi) is 4.24. The number of carbonyl (C=O) groups excluding carboxylic acids is 1. The largest absolute Gasteiger partial charge is 0.381 e. The fourth-order valence-corrected chi connectivity index (χ4v) is 2.88. The normalized spacial score (nSPS) is 17.8. The van der Waals surface area contributed by atoms with E-state index in [2.05, 4.69) is 0 Å². The summed E-state index contributed by atoms with van der Waals surface area (Å²) < 4.78 is 6.88. The first kappa shape index (κ1) is 14.8. The second-order valence-corrected chi connectivity index (χ2v) is 5.82. The molecule has 116 valence electrons. The van der Waals surface area contributed by atoms with Gasteiger partial charge in [0, 0.05) is 32.2 Å². The Bertz CT molecular complexity index is 732. The van der Waals surface area contributed by atoms with Gasteiger partial charge in [-0.05, 0) is 23.9 Å². The first-order valence-electron chi connectivity index (χ1n) is 7.55. The molecule has 0 saturated carbocycles. The van der Waals surface area contributed by atoms with Gasteiger partial charge in [0.15, 0.2) is 0 Å². The van der Waals surface area contributed by atoms with E-state index in [-0.39, 0.29) is 18.0 Å². The number of para-hydroxylation sites is 1. The van der Waals surface area contributed by atoms with Gasteiger partial charge in [-0.2, -0.15) is 0 Å². The Morgan fingerprint density at radius 3 is 2.91 bits per heavy atom. The first-order valence-corrected chi connectivity index (χ1v) is 7.55. The van der Waals surface area contributed by atoms with Crippen molar-refractivity contribution in [2.75, 3.05) is 26.8 Å². The molecule has 1 aromatic heterocycles. The Hall–Kier alpha value is -2.14. The van der Waals surface area contributed by atoms with E-state index in [0.29, 0.717) is 19.1 Å². The van der Waals surface area contributed by atoms with Crippen LogP contribution in [0.5, 0.6) is 0 Å². The third-order valence-corrected chi connectivity index (χ3v) is 4.17. The van der Waals surface area contributed by atoms with Crippen LogP contribution in [-0.4, -0.2) is 42.2 Å². The van der Waals surface area contributed by atoms with Crippen molar-refractivity contribution in [2.45, 2.75) is 13.0 Å².